The summed E-state index contributed by atoms with van der Waals surface area (Å²) in [6.45, 7) is 2.83. The zero-order chi connectivity index (χ0) is 14.1. The fraction of sp³-hybridized carbons (Fsp3) is 0.462. The number of nitrogens with zero attached hydrogens (tertiary/aromatic N) is 3. The minimum Gasteiger partial charge on any atom is -0.316 e. The van der Waals surface area contributed by atoms with Crippen LogP contribution in [-0.2, 0) is 6.54 Å². The molecule has 2 aromatic heterocycles. The standard InChI is InChI=1S/C13H17N5OS/c1-8-5-9(6-14-2)7-15-11(8)20-13-17-16-12(19)18(13)10-3-4-10/h5,7,10,14H,3-4,6H2,1-2H3,(H,16,19). The first kappa shape index (κ1) is 13.4. The number of nitrogens with one attached hydrogen (secondary N) is 2. The maximum atomic E-state index is 11.7. The van der Waals surface area contributed by atoms with E-state index in [2.05, 4.69) is 26.6 Å². The highest BCUT2D eigenvalue weighted by molar-refractivity contribution is 7.99. The lowest BCUT2D eigenvalue weighted by molar-refractivity contribution is 0.642. The maximum absolute atomic E-state index is 11.7. The number of rotatable bonds is 5. The topological polar surface area (TPSA) is 75.6 Å². The SMILES string of the molecule is CNCc1cnc(Sc2n[nH]c(=O)n2C2CC2)c(C)c1. The Hall–Kier alpha value is -1.60. The maximum Gasteiger partial charge on any atom is 0.344 e. The van der Waals surface area contributed by atoms with Crippen molar-refractivity contribution in [3.63, 3.8) is 0 Å². The quantitative estimate of drug-likeness (QED) is 0.872. The van der Waals surface area contributed by atoms with Gasteiger partial charge in [0.1, 0.15) is 5.03 Å². The van der Waals surface area contributed by atoms with Gasteiger partial charge in [-0.25, -0.2) is 14.9 Å². The molecular weight excluding hydrogens is 274 g/mol. The molecule has 2 N–H and O–H groups in total. The second-order valence-corrected chi connectivity index (χ2v) is 5.97. The minimum absolute atomic E-state index is 0.126. The zero-order valence-electron chi connectivity index (χ0n) is 11.5. The van der Waals surface area contributed by atoms with Gasteiger partial charge in [0, 0.05) is 18.8 Å². The molecule has 106 valence electrons. The van der Waals surface area contributed by atoms with Gasteiger partial charge in [0.15, 0.2) is 5.16 Å². The summed E-state index contributed by atoms with van der Waals surface area (Å²) in [5.41, 5.74) is 2.12. The van der Waals surface area contributed by atoms with Gasteiger partial charge in [-0.1, -0.05) is 6.07 Å². The van der Waals surface area contributed by atoms with E-state index in [-0.39, 0.29) is 5.69 Å². The Morgan fingerprint density at radius 2 is 2.35 bits per heavy atom. The summed E-state index contributed by atoms with van der Waals surface area (Å²) in [5, 5.41) is 11.3. The number of aryl methyl sites for hydroxylation is 1. The fourth-order valence-electron chi connectivity index (χ4n) is 2.13. The van der Waals surface area contributed by atoms with E-state index < -0.39 is 0 Å². The van der Waals surface area contributed by atoms with Crippen LogP contribution in [0.1, 0.15) is 30.0 Å². The van der Waals surface area contributed by atoms with E-state index in [1.54, 1.807) is 4.57 Å². The third kappa shape index (κ3) is 2.64. The van der Waals surface area contributed by atoms with Crippen LogP contribution in [0.3, 0.4) is 0 Å². The van der Waals surface area contributed by atoms with E-state index in [9.17, 15) is 4.79 Å². The molecule has 1 aliphatic carbocycles. The Bertz CT molecular complexity index is 674. The Morgan fingerprint density at radius 1 is 1.55 bits per heavy atom. The molecule has 6 nitrogen and oxygen atoms in total. The summed E-state index contributed by atoms with van der Waals surface area (Å²) in [6, 6.07) is 2.42. The predicted molar refractivity (Wildman–Crippen MR) is 77.0 cm³/mol. The van der Waals surface area contributed by atoms with Crippen molar-refractivity contribution >= 4 is 11.8 Å². The molecule has 2 heterocycles. The lowest BCUT2D eigenvalue weighted by Crippen LogP contribution is -2.16. The molecule has 1 saturated carbocycles. The summed E-state index contributed by atoms with van der Waals surface area (Å²) in [7, 11) is 1.91. The fourth-order valence-corrected chi connectivity index (χ4v) is 3.05. The molecule has 0 unspecified atom stereocenters. The molecule has 0 aliphatic heterocycles. The van der Waals surface area contributed by atoms with Crippen LogP contribution in [-0.4, -0.2) is 26.8 Å². The molecule has 0 aromatic carbocycles. The summed E-state index contributed by atoms with van der Waals surface area (Å²) in [4.78, 5) is 16.2. The molecule has 0 saturated heterocycles. The van der Waals surface area contributed by atoms with Gasteiger partial charge in [-0.2, -0.15) is 0 Å². The van der Waals surface area contributed by atoms with Gasteiger partial charge in [0.2, 0.25) is 0 Å². The van der Waals surface area contributed by atoms with Crippen LogP contribution in [0.2, 0.25) is 0 Å². The van der Waals surface area contributed by atoms with Gasteiger partial charge < -0.3 is 5.32 Å². The zero-order valence-corrected chi connectivity index (χ0v) is 12.3. The van der Waals surface area contributed by atoms with Crippen molar-refractivity contribution in [3.8, 4) is 0 Å². The van der Waals surface area contributed by atoms with E-state index in [4.69, 9.17) is 0 Å². The first-order chi connectivity index (χ1) is 9.69. The first-order valence-corrected chi connectivity index (χ1v) is 7.45. The lowest BCUT2D eigenvalue weighted by Gasteiger charge is -2.07. The highest BCUT2D eigenvalue weighted by Gasteiger charge is 2.29. The third-order valence-corrected chi connectivity index (χ3v) is 4.33. The number of hydrogen-bond donors (Lipinski definition) is 2. The van der Waals surface area contributed by atoms with Crippen molar-refractivity contribution in [1.29, 1.82) is 0 Å². The Kier molecular flexibility index (Phi) is 3.62. The lowest BCUT2D eigenvalue weighted by atomic mass is 10.2. The van der Waals surface area contributed by atoms with Crippen LogP contribution in [0, 0.1) is 6.92 Å². The summed E-state index contributed by atoms with van der Waals surface area (Å²) < 4.78 is 1.74. The predicted octanol–water partition coefficient (Wildman–Crippen LogP) is 1.48. The van der Waals surface area contributed by atoms with Crippen LogP contribution < -0.4 is 11.0 Å². The van der Waals surface area contributed by atoms with Crippen molar-refractivity contribution in [1.82, 2.24) is 25.1 Å². The van der Waals surface area contributed by atoms with Crippen molar-refractivity contribution in [2.24, 2.45) is 0 Å². The summed E-state index contributed by atoms with van der Waals surface area (Å²) in [5.74, 6) is 0. The minimum atomic E-state index is -0.126. The van der Waals surface area contributed by atoms with E-state index in [1.807, 2.05) is 20.2 Å². The average Bonchev–Trinajstić information content (AvgIpc) is 3.18. The van der Waals surface area contributed by atoms with Crippen molar-refractivity contribution in [2.75, 3.05) is 7.05 Å². The largest absolute Gasteiger partial charge is 0.344 e. The van der Waals surface area contributed by atoms with Crippen LogP contribution in [0.15, 0.2) is 27.2 Å². The summed E-state index contributed by atoms with van der Waals surface area (Å²) in [6.07, 6.45) is 3.97. The molecule has 20 heavy (non-hydrogen) atoms. The van der Waals surface area contributed by atoms with Crippen LogP contribution in [0.25, 0.3) is 0 Å². The van der Waals surface area contributed by atoms with Gasteiger partial charge >= 0.3 is 5.69 Å². The molecule has 0 bridgehead atoms. The Morgan fingerprint density at radius 3 is 3.00 bits per heavy atom. The number of aromatic amines is 1. The molecule has 2 aromatic rings. The van der Waals surface area contributed by atoms with Gasteiger partial charge in [0.05, 0.1) is 0 Å². The summed E-state index contributed by atoms with van der Waals surface area (Å²) >= 11 is 1.45. The highest BCUT2D eigenvalue weighted by atomic mass is 32.2. The van der Waals surface area contributed by atoms with E-state index in [1.165, 1.54) is 11.8 Å². The number of hydrogen-bond acceptors (Lipinski definition) is 5. The highest BCUT2D eigenvalue weighted by Crippen LogP contribution is 2.37. The van der Waals surface area contributed by atoms with Gasteiger partial charge in [-0.3, -0.25) is 4.57 Å². The van der Waals surface area contributed by atoms with Crippen LogP contribution in [0.4, 0.5) is 0 Å². The Labute approximate surface area is 121 Å². The molecule has 0 spiro atoms. The number of aromatic nitrogens is 4. The molecule has 0 radical (unpaired) electrons. The Balaban J connectivity index is 1.86. The number of H-pyrrole nitrogens is 1. The van der Waals surface area contributed by atoms with Crippen LogP contribution in [0.5, 0.6) is 0 Å². The van der Waals surface area contributed by atoms with Crippen LogP contribution >= 0.6 is 11.8 Å². The normalized spacial score (nSPS) is 14.7. The molecular formula is C13H17N5OS. The molecule has 3 rings (SSSR count). The molecule has 1 fully saturated rings. The monoisotopic (exact) mass is 291 g/mol. The molecule has 1 aliphatic rings. The second-order valence-electron chi connectivity index (χ2n) is 5.01. The van der Waals surface area contributed by atoms with Gasteiger partial charge in [-0.05, 0) is 49.7 Å². The van der Waals surface area contributed by atoms with Gasteiger partial charge in [0.25, 0.3) is 0 Å². The van der Waals surface area contributed by atoms with Crippen molar-refractivity contribution in [3.05, 3.63) is 33.9 Å². The average molecular weight is 291 g/mol. The number of pyridine rings is 1. The molecule has 0 atom stereocenters. The third-order valence-electron chi connectivity index (χ3n) is 3.24. The molecule has 7 heteroatoms. The van der Waals surface area contributed by atoms with Crippen molar-refractivity contribution < 1.29 is 0 Å². The van der Waals surface area contributed by atoms with Crippen molar-refractivity contribution in [2.45, 2.75) is 42.5 Å². The molecule has 0 amide bonds. The van der Waals surface area contributed by atoms with E-state index >= 15 is 0 Å². The first-order valence-electron chi connectivity index (χ1n) is 6.64. The van der Waals surface area contributed by atoms with Gasteiger partial charge in [-0.15, -0.1) is 5.10 Å². The second kappa shape index (κ2) is 5.41. The van der Waals surface area contributed by atoms with E-state index in [0.717, 1.165) is 35.5 Å². The smallest absolute Gasteiger partial charge is 0.316 e. The van der Waals surface area contributed by atoms with E-state index in [0.29, 0.717) is 11.2 Å².